The molecule has 0 N–H and O–H groups in total. The van der Waals surface area contributed by atoms with Crippen molar-refractivity contribution in [1.29, 1.82) is 0 Å². The summed E-state index contributed by atoms with van der Waals surface area (Å²) in [5.41, 5.74) is 4.48. The molecule has 2 aliphatic heterocycles. The number of allylic oxidation sites excluding steroid dienone is 8. The Bertz CT molecular complexity index is 3080. The van der Waals surface area contributed by atoms with Crippen LogP contribution in [0.2, 0.25) is 0 Å². The Morgan fingerprint density at radius 2 is 1.36 bits per heavy atom. The summed E-state index contributed by atoms with van der Waals surface area (Å²) in [5.74, 6) is -2.71. The molecule has 2 heterocycles. The first-order chi connectivity index (χ1) is 35.9. The molecule has 384 valence electrons. The number of aryl methyl sites for hydroxylation is 3. The van der Waals surface area contributed by atoms with E-state index in [1.54, 1.807) is 54.6 Å². The average Bonchev–Trinajstić information content (AvgIpc) is 3.41. The molecule has 5 aromatic rings. The molecule has 8 rings (SSSR count). The van der Waals surface area contributed by atoms with E-state index in [9.17, 15) is 19.2 Å². The van der Waals surface area contributed by atoms with Gasteiger partial charge in [-0.2, -0.15) is 0 Å². The van der Waals surface area contributed by atoms with E-state index >= 15 is 0 Å². The number of fused-ring (bicyclic) bond motifs is 2. The van der Waals surface area contributed by atoms with Crippen molar-refractivity contribution in [3.63, 3.8) is 0 Å². The number of para-hydroxylation sites is 2. The van der Waals surface area contributed by atoms with E-state index in [2.05, 4.69) is 6.58 Å². The minimum absolute atomic E-state index is 0.00348. The van der Waals surface area contributed by atoms with Crippen molar-refractivity contribution in [3.05, 3.63) is 197 Å². The first kappa shape index (κ1) is 55.9. The lowest BCUT2D eigenvalue weighted by Crippen LogP contribution is -2.45. The Hall–Kier alpha value is -7.36. The number of carbonyl (C=O) groups is 4. The number of nitrogens with zero attached hydrogens (tertiary/aromatic N) is 2. The number of benzene rings is 5. The van der Waals surface area contributed by atoms with E-state index < -0.39 is 41.0 Å². The van der Waals surface area contributed by atoms with Crippen LogP contribution in [0.15, 0.2) is 164 Å². The third-order valence-corrected chi connectivity index (χ3v) is 14.7. The molecular formula is C60H64N2O10P2. The predicted molar refractivity (Wildman–Crippen MR) is 300 cm³/mol. The Morgan fingerprint density at radius 3 is 2.04 bits per heavy atom. The van der Waals surface area contributed by atoms with Gasteiger partial charge in [0.1, 0.15) is 23.0 Å². The van der Waals surface area contributed by atoms with Crippen LogP contribution in [-0.2, 0) is 28.1 Å². The lowest BCUT2D eigenvalue weighted by atomic mass is 9.88. The highest BCUT2D eigenvalue weighted by Crippen LogP contribution is 2.59. The highest BCUT2D eigenvalue weighted by atomic mass is 31.2. The third kappa shape index (κ3) is 12.3. The average molecular weight is 1040 g/mol. The number of anilines is 2. The summed E-state index contributed by atoms with van der Waals surface area (Å²) in [7, 11) is -2.44. The molecule has 2 amide bonds. The Kier molecular flexibility index (Phi) is 20.1. The second kappa shape index (κ2) is 26.5. The van der Waals surface area contributed by atoms with Crippen molar-refractivity contribution in [3.8, 4) is 22.6 Å². The summed E-state index contributed by atoms with van der Waals surface area (Å²) in [6.07, 6.45) is 21.7. The molecule has 3 aliphatic rings. The minimum Gasteiger partial charge on any atom is -0.465 e. The fourth-order valence-corrected chi connectivity index (χ4v) is 11.3. The van der Waals surface area contributed by atoms with Crippen molar-refractivity contribution in [2.45, 2.75) is 74.3 Å². The summed E-state index contributed by atoms with van der Waals surface area (Å²) >= 11 is 0. The van der Waals surface area contributed by atoms with E-state index in [1.807, 2.05) is 159 Å². The first-order valence-corrected chi connectivity index (χ1v) is 26.9. The van der Waals surface area contributed by atoms with E-state index in [4.69, 9.17) is 27.6 Å². The first-order valence-electron chi connectivity index (χ1n) is 24.6. The van der Waals surface area contributed by atoms with Gasteiger partial charge in [-0.1, -0.05) is 174 Å². The SMILES string of the molecule is C=C1/C=C\C=C/CC(=O)N(c2ccccc2C)P(Oc2c(C(=O)OC)ccc(/C=C\C=C/CC)c2-c2c(OP3OC4C=CC=CC4C(=O)N3c3ccccc3C)c(C(=O)OC)cc3ccc(C)cc23)O1.CC.CC. The van der Waals surface area contributed by atoms with Gasteiger partial charge in [0.25, 0.3) is 0 Å². The minimum atomic E-state index is -2.56. The summed E-state index contributed by atoms with van der Waals surface area (Å²) in [4.78, 5) is 58.1. The quantitative estimate of drug-likeness (QED) is 0.0676. The topological polar surface area (TPSA) is 130 Å². The van der Waals surface area contributed by atoms with Crippen molar-refractivity contribution in [2.24, 2.45) is 5.92 Å². The number of carbonyl (C=O) groups excluding carboxylic acids is 4. The highest BCUT2D eigenvalue weighted by Gasteiger charge is 2.46. The number of rotatable bonds is 12. The van der Waals surface area contributed by atoms with E-state index in [-0.39, 0.29) is 57.7 Å². The standard InChI is InChI=1S/C56H52N2O10P2.2C2H6/c1-8-9-10-13-24-40-32-33-43(55(61)63-6)52(67-69-57(46-26-18-15-21-37(46)3)49(59)29-14-11-12-23-39(5)65-69)50(40)51-44-34-36(2)30-31-41(44)35-45(56(62)64-7)53(51)68-70-58(47-27-19-16-22-38(47)4)54(60)42-25-17-20-28-48(42)66-70;2*1-2/h9-28,30-35,42,48H,5,8,29H2,1-4,6-7H3;2*1-2H3/b10-9-,14-11-,23-12-,24-13-;;. The molecule has 5 aromatic carbocycles. The lowest BCUT2D eigenvalue weighted by Gasteiger charge is -2.41. The maximum absolute atomic E-state index is 14.8. The molecule has 4 atom stereocenters. The molecule has 0 saturated carbocycles. The summed E-state index contributed by atoms with van der Waals surface area (Å²) in [5, 5.41) is 1.19. The Morgan fingerprint density at radius 1 is 0.730 bits per heavy atom. The highest BCUT2D eigenvalue weighted by molar-refractivity contribution is 7.51. The summed E-state index contributed by atoms with van der Waals surface area (Å²) in [6.45, 7) is 19.9. The number of methoxy groups -OCH3 is 2. The van der Waals surface area contributed by atoms with Gasteiger partial charge in [-0.05, 0) is 85.0 Å². The van der Waals surface area contributed by atoms with Gasteiger partial charge in [-0.25, -0.2) is 18.9 Å². The van der Waals surface area contributed by atoms with Crippen LogP contribution in [0.25, 0.3) is 28.0 Å². The van der Waals surface area contributed by atoms with Gasteiger partial charge < -0.3 is 23.0 Å². The molecule has 14 heteroatoms. The normalized spacial score (nSPS) is 19.1. The number of esters is 2. The molecule has 0 bridgehead atoms. The second-order valence-corrected chi connectivity index (χ2v) is 18.9. The van der Waals surface area contributed by atoms with Crippen molar-refractivity contribution < 1.29 is 46.7 Å². The number of amides is 2. The van der Waals surface area contributed by atoms with Crippen molar-refractivity contribution >= 4 is 69.0 Å². The van der Waals surface area contributed by atoms with E-state index in [1.165, 1.54) is 23.6 Å². The maximum Gasteiger partial charge on any atom is 0.424 e. The summed E-state index contributed by atoms with van der Waals surface area (Å²) < 4.78 is 41.8. The van der Waals surface area contributed by atoms with Gasteiger partial charge in [0.05, 0.1) is 31.5 Å². The lowest BCUT2D eigenvalue weighted by molar-refractivity contribution is -0.123. The Labute approximate surface area is 437 Å². The van der Waals surface area contributed by atoms with Gasteiger partial charge in [-0.3, -0.25) is 14.1 Å². The largest absolute Gasteiger partial charge is 0.465 e. The number of hydrogen-bond acceptors (Lipinski definition) is 10. The van der Waals surface area contributed by atoms with E-state index in [0.29, 0.717) is 27.7 Å². The third-order valence-electron chi connectivity index (χ3n) is 11.7. The molecule has 0 radical (unpaired) electrons. The molecule has 0 spiro atoms. The zero-order valence-electron chi connectivity index (χ0n) is 43.7. The Balaban J connectivity index is 0.00000218. The van der Waals surface area contributed by atoms with Gasteiger partial charge >= 0.3 is 29.0 Å². The molecular weight excluding hydrogens is 971 g/mol. The zero-order valence-corrected chi connectivity index (χ0v) is 45.4. The molecule has 1 saturated heterocycles. The zero-order chi connectivity index (χ0) is 53.5. The maximum atomic E-state index is 14.8. The molecule has 0 aromatic heterocycles. The van der Waals surface area contributed by atoms with Crippen molar-refractivity contribution in [1.82, 2.24) is 0 Å². The monoisotopic (exact) mass is 1030 g/mol. The van der Waals surface area contributed by atoms with Crippen LogP contribution in [0, 0.1) is 26.7 Å². The number of ether oxygens (including phenoxy) is 2. The molecule has 1 fully saturated rings. The molecule has 74 heavy (non-hydrogen) atoms. The molecule has 4 unspecified atom stereocenters. The van der Waals surface area contributed by atoms with Crippen LogP contribution in [0.1, 0.15) is 90.4 Å². The van der Waals surface area contributed by atoms with Crippen LogP contribution >= 0.6 is 17.1 Å². The smallest absolute Gasteiger partial charge is 0.424 e. The second-order valence-electron chi connectivity index (χ2n) is 16.4. The van der Waals surface area contributed by atoms with Crippen LogP contribution in [0.3, 0.4) is 0 Å². The predicted octanol–water partition coefficient (Wildman–Crippen LogP) is 15.5. The molecule has 1 aliphatic carbocycles. The summed E-state index contributed by atoms with van der Waals surface area (Å²) in [6, 6.07) is 25.5. The van der Waals surface area contributed by atoms with Crippen LogP contribution in [0.4, 0.5) is 11.4 Å². The fourth-order valence-electron chi connectivity index (χ4n) is 8.18. The molecule has 12 nitrogen and oxygen atoms in total. The van der Waals surface area contributed by atoms with Gasteiger partial charge in [0, 0.05) is 17.5 Å². The van der Waals surface area contributed by atoms with Crippen molar-refractivity contribution in [2.75, 3.05) is 23.6 Å². The van der Waals surface area contributed by atoms with E-state index in [0.717, 1.165) is 23.1 Å². The van der Waals surface area contributed by atoms with Gasteiger partial charge in [0.15, 0.2) is 11.5 Å². The fraction of sp³-hybridized carbons (Fsp3) is 0.233. The van der Waals surface area contributed by atoms with Gasteiger partial charge in [-0.15, -0.1) is 0 Å². The van der Waals surface area contributed by atoms with Gasteiger partial charge in [0.2, 0.25) is 11.8 Å². The van der Waals surface area contributed by atoms with Crippen LogP contribution in [-0.4, -0.2) is 44.1 Å². The van der Waals surface area contributed by atoms with Crippen LogP contribution in [0.5, 0.6) is 11.5 Å². The van der Waals surface area contributed by atoms with Crippen LogP contribution < -0.4 is 18.4 Å². The number of hydrogen-bond donors (Lipinski definition) is 0.